The number of hydrogen-bond donors (Lipinski definition) is 1. The van der Waals surface area contributed by atoms with Crippen LogP contribution < -0.4 is 5.73 Å². The highest BCUT2D eigenvalue weighted by atomic mass is 14.6. The van der Waals surface area contributed by atoms with Crippen LogP contribution in [0.15, 0.2) is 18.2 Å². The Morgan fingerprint density at radius 2 is 2.21 bits per heavy atom. The molecule has 0 spiro atoms. The van der Waals surface area contributed by atoms with Crippen molar-refractivity contribution in [3.63, 3.8) is 0 Å². The number of rotatable bonds is 1. The third-order valence-electron chi connectivity index (χ3n) is 3.59. The smallest absolute Gasteiger partial charge is 0.00430 e. The van der Waals surface area contributed by atoms with Crippen LogP contribution in [-0.2, 0) is 6.42 Å². The maximum absolute atomic E-state index is 5.79. The molecule has 1 aromatic carbocycles. The van der Waals surface area contributed by atoms with E-state index in [1.807, 2.05) is 0 Å². The van der Waals surface area contributed by atoms with Crippen molar-refractivity contribution in [2.75, 3.05) is 6.54 Å². The molecule has 0 amide bonds. The van der Waals surface area contributed by atoms with Crippen LogP contribution in [0.2, 0.25) is 0 Å². The summed E-state index contributed by atoms with van der Waals surface area (Å²) in [6.07, 6.45) is 2.47. The summed E-state index contributed by atoms with van der Waals surface area (Å²) in [5.41, 5.74) is 10.2. The first-order valence-electron chi connectivity index (χ1n) is 5.52. The molecule has 14 heavy (non-hydrogen) atoms. The lowest BCUT2D eigenvalue weighted by molar-refractivity contribution is 0.400. The molecule has 2 atom stereocenters. The Hall–Kier alpha value is -0.820. The van der Waals surface area contributed by atoms with Crippen molar-refractivity contribution in [3.05, 3.63) is 34.9 Å². The lowest BCUT2D eigenvalue weighted by atomic mass is 9.76. The lowest BCUT2D eigenvalue weighted by Crippen LogP contribution is -2.25. The van der Waals surface area contributed by atoms with Gasteiger partial charge in [-0.1, -0.05) is 30.7 Å². The van der Waals surface area contributed by atoms with Gasteiger partial charge in [0.1, 0.15) is 0 Å². The third kappa shape index (κ3) is 1.57. The molecule has 2 N–H and O–H groups in total. The Bertz CT molecular complexity index is 330. The van der Waals surface area contributed by atoms with Gasteiger partial charge in [0, 0.05) is 0 Å². The predicted molar refractivity (Wildman–Crippen MR) is 60.5 cm³/mol. The molecular weight excluding hydrogens is 170 g/mol. The van der Waals surface area contributed by atoms with Crippen molar-refractivity contribution in [1.29, 1.82) is 0 Å². The topological polar surface area (TPSA) is 26.0 Å². The van der Waals surface area contributed by atoms with Crippen molar-refractivity contribution in [1.82, 2.24) is 0 Å². The van der Waals surface area contributed by atoms with E-state index in [0.29, 0.717) is 11.8 Å². The zero-order valence-corrected chi connectivity index (χ0v) is 9.09. The lowest BCUT2D eigenvalue weighted by Gasteiger charge is -2.30. The second-order valence-corrected chi connectivity index (χ2v) is 4.53. The molecular formula is C13H19N. The van der Waals surface area contributed by atoms with Crippen LogP contribution in [0.25, 0.3) is 0 Å². The van der Waals surface area contributed by atoms with Crippen LogP contribution >= 0.6 is 0 Å². The normalized spacial score (nSPS) is 25.9. The molecule has 0 saturated carbocycles. The van der Waals surface area contributed by atoms with E-state index in [4.69, 9.17) is 5.73 Å². The first kappa shape index (κ1) is 9.72. The Kier molecular flexibility index (Phi) is 2.60. The van der Waals surface area contributed by atoms with E-state index in [0.717, 1.165) is 6.54 Å². The highest BCUT2D eigenvalue weighted by Crippen LogP contribution is 2.35. The molecule has 0 aromatic heterocycles. The number of benzene rings is 1. The first-order chi connectivity index (χ1) is 6.72. The molecule has 0 radical (unpaired) electrons. The highest BCUT2D eigenvalue weighted by Gasteiger charge is 2.24. The van der Waals surface area contributed by atoms with Gasteiger partial charge in [0.15, 0.2) is 0 Å². The summed E-state index contributed by atoms with van der Waals surface area (Å²) in [6, 6.07) is 6.84. The zero-order valence-electron chi connectivity index (χ0n) is 9.09. The molecule has 0 bridgehead atoms. The molecule has 0 saturated heterocycles. The van der Waals surface area contributed by atoms with E-state index in [1.54, 1.807) is 0 Å². The van der Waals surface area contributed by atoms with Crippen molar-refractivity contribution >= 4 is 0 Å². The predicted octanol–water partition coefficient (Wildman–Crippen LogP) is 2.62. The quantitative estimate of drug-likeness (QED) is 0.722. The summed E-state index contributed by atoms with van der Waals surface area (Å²) in [4.78, 5) is 0. The number of aryl methyl sites for hydroxylation is 2. The fourth-order valence-corrected chi connectivity index (χ4v) is 2.53. The first-order valence-corrected chi connectivity index (χ1v) is 5.52. The van der Waals surface area contributed by atoms with E-state index < -0.39 is 0 Å². The second-order valence-electron chi connectivity index (χ2n) is 4.53. The Labute approximate surface area is 86.3 Å². The second kappa shape index (κ2) is 3.74. The van der Waals surface area contributed by atoms with Gasteiger partial charge in [0.25, 0.3) is 0 Å². The van der Waals surface area contributed by atoms with Gasteiger partial charge in [0.05, 0.1) is 0 Å². The highest BCUT2D eigenvalue weighted by molar-refractivity contribution is 5.36. The number of fused-ring (bicyclic) bond motifs is 1. The Morgan fingerprint density at radius 1 is 1.43 bits per heavy atom. The molecule has 2 unspecified atom stereocenters. The molecule has 1 heteroatoms. The summed E-state index contributed by atoms with van der Waals surface area (Å²) in [6.45, 7) is 5.31. The van der Waals surface area contributed by atoms with Crippen molar-refractivity contribution in [2.24, 2.45) is 11.7 Å². The standard InChI is InChI=1S/C13H19N/c1-9-3-4-11-5-6-12(8-14)10(2)13(11)7-9/h3-4,7,10,12H,5-6,8,14H2,1-2H3. The fourth-order valence-electron chi connectivity index (χ4n) is 2.53. The van der Waals surface area contributed by atoms with Gasteiger partial charge in [-0.05, 0) is 49.3 Å². The van der Waals surface area contributed by atoms with Gasteiger partial charge in [0.2, 0.25) is 0 Å². The minimum absolute atomic E-state index is 0.642. The fraction of sp³-hybridized carbons (Fsp3) is 0.538. The number of hydrogen-bond acceptors (Lipinski definition) is 1. The van der Waals surface area contributed by atoms with Gasteiger partial charge < -0.3 is 5.73 Å². The molecule has 2 rings (SSSR count). The van der Waals surface area contributed by atoms with E-state index in [-0.39, 0.29) is 0 Å². The van der Waals surface area contributed by atoms with Crippen LogP contribution in [0.5, 0.6) is 0 Å². The summed E-state index contributed by atoms with van der Waals surface area (Å²) in [5, 5.41) is 0. The van der Waals surface area contributed by atoms with Crippen LogP contribution in [-0.4, -0.2) is 6.54 Å². The van der Waals surface area contributed by atoms with Crippen molar-refractivity contribution < 1.29 is 0 Å². The molecule has 0 heterocycles. The summed E-state index contributed by atoms with van der Waals surface area (Å²) >= 11 is 0. The van der Waals surface area contributed by atoms with Gasteiger partial charge in [-0.25, -0.2) is 0 Å². The molecule has 1 aromatic rings. The van der Waals surface area contributed by atoms with E-state index in [9.17, 15) is 0 Å². The van der Waals surface area contributed by atoms with Crippen molar-refractivity contribution in [2.45, 2.75) is 32.6 Å². The molecule has 0 fully saturated rings. The summed E-state index contributed by atoms with van der Waals surface area (Å²) < 4.78 is 0. The molecule has 1 aliphatic rings. The minimum Gasteiger partial charge on any atom is -0.330 e. The van der Waals surface area contributed by atoms with Crippen molar-refractivity contribution in [3.8, 4) is 0 Å². The van der Waals surface area contributed by atoms with E-state index >= 15 is 0 Å². The van der Waals surface area contributed by atoms with Crippen LogP contribution in [0.1, 0.15) is 36.0 Å². The average molecular weight is 189 g/mol. The Morgan fingerprint density at radius 3 is 2.93 bits per heavy atom. The van der Waals surface area contributed by atoms with Gasteiger partial charge in [-0.2, -0.15) is 0 Å². The molecule has 76 valence electrons. The monoisotopic (exact) mass is 189 g/mol. The van der Waals surface area contributed by atoms with Gasteiger partial charge in [-0.15, -0.1) is 0 Å². The summed E-state index contributed by atoms with van der Waals surface area (Å²) in [7, 11) is 0. The van der Waals surface area contributed by atoms with Gasteiger partial charge in [-0.3, -0.25) is 0 Å². The average Bonchev–Trinajstić information content (AvgIpc) is 2.20. The molecule has 1 aliphatic carbocycles. The molecule has 0 aliphatic heterocycles. The summed E-state index contributed by atoms with van der Waals surface area (Å²) in [5.74, 6) is 1.33. The minimum atomic E-state index is 0.642. The van der Waals surface area contributed by atoms with Crippen LogP contribution in [0, 0.1) is 12.8 Å². The zero-order chi connectivity index (χ0) is 10.1. The maximum atomic E-state index is 5.79. The van der Waals surface area contributed by atoms with E-state index in [2.05, 4.69) is 32.0 Å². The molecule has 1 nitrogen and oxygen atoms in total. The third-order valence-corrected chi connectivity index (χ3v) is 3.59. The maximum Gasteiger partial charge on any atom is -0.00430 e. The van der Waals surface area contributed by atoms with E-state index in [1.165, 1.54) is 29.5 Å². The van der Waals surface area contributed by atoms with Crippen LogP contribution in [0.3, 0.4) is 0 Å². The number of nitrogens with two attached hydrogens (primary N) is 1. The van der Waals surface area contributed by atoms with Crippen LogP contribution in [0.4, 0.5) is 0 Å². The van der Waals surface area contributed by atoms with Gasteiger partial charge >= 0.3 is 0 Å². The largest absolute Gasteiger partial charge is 0.330 e. The SMILES string of the molecule is Cc1ccc2c(c1)C(C)C(CN)CC2. The Balaban J connectivity index is 2.38.